The largest absolute Gasteiger partial charge is 0.471 e. The normalized spacial score (nSPS) is 13.6. The van der Waals surface area contributed by atoms with E-state index in [2.05, 4.69) is 0 Å². The van der Waals surface area contributed by atoms with E-state index in [1.54, 1.807) is 10.6 Å². The van der Waals surface area contributed by atoms with E-state index in [-0.39, 0.29) is 11.1 Å². The Morgan fingerprint density at radius 2 is 1.00 bits per heavy atom. The van der Waals surface area contributed by atoms with Gasteiger partial charge in [-0.2, -0.15) is 26.3 Å². The molecule has 0 heterocycles. The van der Waals surface area contributed by atoms with Crippen molar-refractivity contribution in [3.05, 3.63) is 11.1 Å². The fraction of sp³-hybridized carbons (Fsp3) is 0.600. The highest BCUT2D eigenvalue weighted by Gasteiger charge is 2.39. The summed E-state index contributed by atoms with van der Waals surface area (Å²) in [5, 5.41) is 3.13. The lowest BCUT2D eigenvalue weighted by Gasteiger charge is -2.12. The summed E-state index contributed by atoms with van der Waals surface area (Å²) in [7, 11) is 0. The Hall–Kier alpha value is -1.74. The highest BCUT2D eigenvalue weighted by Crippen LogP contribution is 2.15. The predicted molar refractivity (Wildman–Crippen MR) is 56.5 cm³/mol. The minimum Gasteiger partial charge on any atom is -0.345 e. The molecule has 2 N–H and O–H groups in total. The van der Waals surface area contributed by atoms with Crippen LogP contribution in [0.4, 0.5) is 26.3 Å². The Morgan fingerprint density at radius 1 is 0.750 bits per heavy atom. The Morgan fingerprint density at radius 3 is 1.20 bits per heavy atom. The molecule has 0 saturated heterocycles. The predicted octanol–water partition coefficient (Wildman–Crippen LogP) is 1.68. The second-order valence-electron chi connectivity index (χ2n) is 3.92. The molecule has 20 heavy (non-hydrogen) atoms. The maximum atomic E-state index is 11.9. The van der Waals surface area contributed by atoms with Crippen LogP contribution in [0, 0.1) is 0 Å². The fourth-order valence-corrected chi connectivity index (χ4v) is 0.928. The maximum Gasteiger partial charge on any atom is 0.471 e. The highest BCUT2D eigenvalue weighted by molar-refractivity contribution is 5.82. The van der Waals surface area contributed by atoms with Crippen molar-refractivity contribution in [3.8, 4) is 0 Å². The molecule has 0 atom stereocenters. The summed E-state index contributed by atoms with van der Waals surface area (Å²) in [4.78, 5) is 21.0. The summed E-state index contributed by atoms with van der Waals surface area (Å²) < 4.78 is 71.3. The molecule has 0 aliphatic rings. The van der Waals surface area contributed by atoms with Gasteiger partial charge in [-0.3, -0.25) is 9.59 Å². The first-order chi connectivity index (χ1) is 8.85. The van der Waals surface area contributed by atoms with Crippen molar-refractivity contribution in [1.29, 1.82) is 0 Å². The van der Waals surface area contributed by atoms with E-state index in [1.807, 2.05) is 0 Å². The number of hydrogen-bond donors (Lipinski definition) is 2. The third-order valence-corrected chi connectivity index (χ3v) is 2.27. The van der Waals surface area contributed by atoms with E-state index in [4.69, 9.17) is 0 Å². The highest BCUT2D eigenvalue weighted by atomic mass is 19.4. The lowest BCUT2D eigenvalue weighted by atomic mass is 10.1. The van der Waals surface area contributed by atoms with E-state index in [1.165, 1.54) is 13.8 Å². The molecule has 0 radical (unpaired) electrons. The molecule has 0 unspecified atom stereocenters. The molecule has 0 bridgehead atoms. The molecule has 0 rings (SSSR count). The molecule has 0 fully saturated rings. The molecule has 2 amide bonds. The molecule has 0 aromatic rings. The average Bonchev–Trinajstić information content (AvgIpc) is 2.29. The van der Waals surface area contributed by atoms with Crippen molar-refractivity contribution in [2.24, 2.45) is 0 Å². The van der Waals surface area contributed by atoms with Gasteiger partial charge in [-0.05, 0) is 13.8 Å². The summed E-state index contributed by atoms with van der Waals surface area (Å²) in [5.74, 6) is -4.30. The Bertz CT molecular complexity index is 373. The smallest absolute Gasteiger partial charge is 0.345 e. The third-order valence-electron chi connectivity index (χ3n) is 2.27. The monoisotopic (exact) mass is 306 g/mol. The fourth-order valence-electron chi connectivity index (χ4n) is 0.928. The number of carbonyl (C=O) groups is 2. The average molecular weight is 306 g/mol. The number of carbonyl (C=O) groups excluding carboxylic acids is 2. The molecule has 0 aromatic carbocycles. The standard InChI is InChI=1S/C10H12F6N2O2/c1-5(3-17-7(19)9(11,12)13)6(2)4-18-8(20)10(14,15)16/h3-4H2,1-2H3,(H,17,19)(H,18,20)/b6-5+. The molecule has 0 aliphatic heterocycles. The summed E-state index contributed by atoms with van der Waals surface area (Å²) in [6.45, 7) is 1.69. The van der Waals surface area contributed by atoms with Crippen LogP contribution in [0.1, 0.15) is 13.8 Å². The van der Waals surface area contributed by atoms with Crippen LogP contribution in [0.5, 0.6) is 0 Å². The minimum absolute atomic E-state index is 0.213. The molecule has 10 heteroatoms. The maximum absolute atomic E-state index is 11.9. The van der Waals surface area contributed by atoms with Gasteiger partial charge in [0.25, 0.3) is 0 Å². The summed E-state index contributed by atoms with van der Waals surface area (Å²) in [5.41, 5.74) is 0.426. The third kappa shape index (κ3) is 6.43. The van der Waals surface area contributed by atoms with Gasteiger partial charge in [0.2, 0.25) is 0 Å². The van der Waals surface area contributed by atoms with E-state index < -0.39 is 37.3 Å². The first kappa shape index (κ1) is 18.3. The van der Waals surface area contributed by atoms with Crippen LogP contribution in [-0.4, -0.2) is 37.3 Å². The van der Waals surface area contributed by atoms with E-state index >= 15 is 0 Å². The zero-order valence-corrected chi connectivity index (χ0v) is 10.5. The van der Waals surface area contributed by atoms with Gasteiger partial charge in [0.05, 0.1) is 0 Å². The molecule has 4 nitrogen and oxygen atoms in total. The zero-order valence-electron chi connectivity index (χ0n) is 10.5. The molecule has 0 spiro atoms. The molecule has 116 valence electrons. The van der Waals surface area contributed by atoms with Crippen LogP contribution in [0.25, 0.3) is 0 Å². The van der Waals surface area contributed by atoms with Gasteiger partial charge in [0.15, 0.2) is 0 Å². The first-order valence-electron chi connectivity index (χ1n) is 5.21. The van der Waals surface area contributed by atoms with E-state index in [0.717, 1.165) is 0 Å². The molecular formula is C10H12F6N2O2. The quantitative estimate of drug-likeness (QED) is 0.613. The molecular weight excluding hydrogens is 294 g/mol. The Labute approximate surface area is 110 Å². The van der Waals surface area contributed by atoms with Gasteiger partial charge in [0.1, 0.15) is 0 Å². The van der Waals surface area contributed by atoms with Crippen molar-refractivity contribution in [1.82, 2.24) is 10.6 Å². The van der Waals surface area contributed by atoms with Crippen LogP contribution < -0.4 is 10.6 Å². The SMILES string of the molecule is C/C(CNC(=O)C(F)(F)F)=C(/C)CNC(=O)C(F)(F)F. The summed E-state index contributed by atoms with van der Waals surface area (Å²) in [6.07, 6.45) is -10.1. The van der Waals surface area contributed by atoms with Gasteiger partial charge in [-0.1, -0.05) is 11.1 Å². The van der Waals surface area contributed by atoms with Crippen molar-refractivity contribution in [2.75, 3.05) is 13.1 Å². The molecule has 0 saturated carbocycles. The topological polar surface area (TPSA) is 58.2 Å². The van der Waals surface area contributed by atoms with Gasteiger partial charge in [-0.15, -0.1) is 0 Å². The molecule has 0 aromatic heterocycles. The summed E-state index contributed by atoms with van der Waals surface area (Å²) in [6, 6.07) is 0. The summed E-state index contributed by atoms with van der Waals surface area (Å²) >= 11 is 0. The number of nitrogens with one attached hydrogen (secondary N) is 2. The van der Waals surface area contributed by atoms with Crippen LogP contribution in [0.2, 0.25) is 0 Å². The van der Waals surface area contributed by atoms with Crippen molar-refractivity contribution < 1.29 is 35.9 Å². The number of amides is 2. The van der Waals surface area contributed by atoms with Gasteiger partial charge in [0, 0.05) is 13.1 Å². The van der Waals surface area contributed by atoms with Crippen LogP contribution in [0.3, 0.4) is 0 Å². The number of halogens is 6. The van der Waals surface area contributed by atoms with Crippen molar-refractivity contribution in [3.63, 3.8) is 0 Å². The number of hydrogen-bond acceptors (Lipinski definition) is 2. The zero-order chi connectivity index (χ0) is 16.1. The van der Waals surface area contributed by atoms with Gasteiger partial charge >= 0.3 is 24.2 Å². The van der Waals surface area contributed by atoms with Crippen LogP contribution in [-0.2, 0) is 9.59 Å². The lowest BCUT2D eigenvalue weighted by Crippen LogP contribution is -2.39. The van der Waals surface area contributed by atoms with Gasteiger partial charge in [-0.25, -0.2) is 0 Å². The van der Waals surface area contributed by atoms with E-state index in [0.29, 0.717) is 0 Å². The Balaban J connectivity index is 4.40. The minimum atomic E-state index is -5.03. The molecule has 0 aliphatic carbocycles. The van der Waals surface area contributed by atoms with Crippen LogP contribution in [0.15, 0.2) is 11.1 Å². The number of alkyl halides is 6. The number of rotatable bonds is 4. The van der Waals surface area contributed by atoms with Gasteiger partial charge < -0.3 is 10.6 Å². The van der Waals surface area contributed by atoms with E-state index in [9.17, 15) is 35.9 Å². The Kier molecular flexibility index (Phi) is 6.04. The first-order valence-corrected chi connectivity index (χ1v) is 5.21. The van der Waals surface area contributed by atoms with Crippen molar-refractivity contribution in [2.45, 2.75) is 26.2 Å². The second kappa shape index (κ2) is 6.62. The van der Waals surface area contributed by atoms with Crippen molar-refractivity contribution >= 4 is 11.8 Å². The second-order valence-corrected chi connectivity index (χ2v) is 3.92. The lowest BCUT2D eigenvalue weighted by molar-refractivity contribution is -0.173. The van der Waals surface area contributed by atoms with Crippen LogP contribution >= 0.6 is 0 Å².